The van der Waals surface area contributed by atoms with E-state index >= 15 is 0 Å². The zero-order valence-corrected chi connectivity index (χ0v) is 35.2. The van der Waals surface area contributed by atoms with E-state index in [9.17, 15) is 0 Å². The van der Waals surface area contributed by atoms with Crippen LogP contribution in [0.25, 0.3) is 78.3 Å². The van der Waals surface area contributed by atoms with Crippen LogP contribution in [0.2, 0.25) is 0 Å². The summed E-state index contributed by atoms with van der Waals surface area (Å²) in [4.78, 5) is 15.1. The van der Waals surface area contributed by atoms with Gasteiger partial charge in [0.25, 0.3) is 0 Å². The van der Waals surface area contributed by atoms with Crippen molar-refractivity contribution in [1.82, 2.24) is 15.0 Å². The average Bonchev–Trinajstić information content (AvgIpc) is 3.65. The van der Waals surface area contributed by atoms with Crippen molar-refractivity contribution in [3.05, 3.63) is 258 Å². The first-order chi connectivity index (χ1) is 31.1. The zero-order valence-electron chi connectivity index (χ0n) is 35.2. The van der Waals surface area contributed by atoms with E-state index in [-0.39, 0.29) is 0 Å². The van der Waals surface area contributed by atoms with Crippen LogP contribution >= 0.6 is 0 Å². The Bertz CT molecular complexity index is 3260. The summed E-state index contributed by atoms with van der Waals surface area (Å²) in [6, 6.07) is 78.9. The second kappa shape index (κ2) is 15.8. The topological polar surface area (TPSA) is 38.7 Å². The van der Waals surface area contributed by atoms with Gasteiger partial charge in [-0.2, -0.15) is 0 Å². The highest BCUT2D eigenvalue weighted by Gasteiger charge is 2.47. The first-order valence-corrected chi connectivity index (χ1v) is 21.6. The van der Waals surface area contributed by atoms with Crippen molar-refractivity contribution in [3.8, 4) is 78.3 Å². The van der Waals surface area contributed by atoms with Gasteiger partial charge < -0.3 is 0 Å². The van der Waals surface area contributed by atoms with E-state index in [0.29, 0.717) is 5.82 Å². The van der Waals surface area contributed by atoms with E-state index in [2.05, 4.69) is 230 Å². The molecule has 0 bridgehead atoms. The highest BCUT2D eigenvalue weighted by molar-refractivity contribution is 5.98. The van der Waals surface area contributed by atoms with Gasteiger partial charge in [-0.05, 0) is 122 Å². The maximum atomic E-state index is 5.42. The van der Waals surface area contributed by atoms with Gasteiger partial charge in [0.15, 0.2) is 5.82 Å². The minimum absolute atomic E-state index is 0.594. The molecule has 2 heterocycles. The lowest BCUT2D eigenvalue weighted by Crippen LogP contribution is -2.28. The third-order valence-corrected chi connectivity index (χ3v) is 12.6. The molecule has 1 aliphatic rings. The Balaban J connectivity index is 1.15. The normalized spacial score (nSPS) is 12.4. The van der Waals surface area contributed by atoms with Crippen LogP contribution in [0.4, 0.5) is 0 Å². The summed E-state index contributed by atoms with van der Waals surface area (Å²) in [7, 11) is 0. The predicted octanol–water partition coefficient (Wildman–Crippen LogP) is 14.9. The Kier molecular flexibility index (Phi) is 9.51. The number of nitrogens with zero attached hydrogens (tertiary/aromatic N) is 3. The van der Waals surface area contributed by atoms with E-state index < -0.39 is 5.41 Å². The molecule has 8 aromatic carbocycles. The Morgan fingerprint density at radius 3 is 1.56 bits per heavy atom. The van der Waals surface area contributed by atoms with Gasteiger partial charge in [0.2, 0.25) is 0 Å². The van der Waals surface area contributed by atoms with Gasteiger partial charge >= 0.3 is 0 Å². The molecule has 10 aromatic rings. The van der Waals surface area contributed by atoms with Crippen LogP contribution in [0.1, 0.15) is 33.6 Å². The molecule has 0 radical (unpaired) electrons. The van der Waals surface area contributed by atoms with Gasteiger partial charge in [0, 0.05) is 28.7 Å². The molecule has 2 aromatic heterocycles. The monoisotopic (exact) mass is 805 g/mol. The molecule has 0 spiro atoms. The summed E-state index contributed by atoms with van der Waals surface area (Å²) in [6.45, 7) is 4.12. The Morgan fingerprint density at radius 1 is 0.333 bits per heavy atom. The fourth-order valence-electron chi connectivity index (χ4n) is 9.88. The van der Waals surface area contributed by atoms with Gasteiger partial charge in [-0.25, -0.2) is 9.97 Å². The highest BCUT2D eigenvalue weighted by Crippen LogP contribution is 2.59. The second-order valence-electron chi connectivity index (χ2n) is 16.4. The quantitative estimate of drug-likeness (QED) is 0.154. The van der Waals surface area contributed by atoms with Crippen molar-refractivity contribution >= 4 is 0 Å². The molecule has 0 fully saturated rings. The minimum atomic E-state index is -0.594. The number of hydrogen-bond donors (Lipinski definition) is 0. The minimum Gasteiger partial charge on any atom is -0.262 e. The van der Waals surface area contributed by atoms with Gasteiger partial charge in [0.1, 0.15) is 0 Å². The number of fused-ring (bicyclic) bond motifs is 3. The molecule has 298 valence electrons. The molecular weight excluding hydrogens is 763 g/mol. The van der Waals surface area contributed by atoms with E-state index in [1.54, 1.807) is 0 Å². The molecule has 0 saturated carbocycles. The SMILES string of the molecule is Cc1cc(-c2ccccc2-c2ccccc2-c2ccc3c(c2)-c2c(-c4nc(C)cc(-c5cccc(-c6ccccc6)c5)n4)cccc2C3(c2ccccc2)c2ccccc2)ccn1. The number of aromatic nitrogens is 3. The lowest BCUT2D eigenvalue weighted by atomic mass is 9.67. The molecule has 1 aliphatic carbocycles. The molecule has 11 rings (SSSR count). The smallest absolute Gasteiger partial charge is 0.160 e. The molecule has 0 unspecified atom stereocenters. The molecule has 0 N–H and O–H groups in total. The summed E-state index contributed by atoms with van der Waals surface area (Å²) < 4.78 is 0. The summed E-state index contributed by atoms with van der Waals surface area (Å²) in [5, 5.41) is 0. The summed E-state index contributed by atoms with van der Waals surface area (Å²) in [5.74, 6) is 0.710. The molecule has 3 heteroatoms. The van der Waals surface area contributed by atoms with Gasteiger partial charge in [-0.3, -0.25) is 4.98 Å². The second-order valence-corrected chi connectivity index (χ2v) is 16.4. The standard InChI is InChI=1S/C60H43N3/c1-40-36-45(34-35-61-40)50-27-13-15-29-52(50)51-28-14-12-26-49(51)44-32-33-55-54(39-44)58-53(30-17-31-56(58)60(55,47-22-8-4-9-23-47)48-24-10-5-11-25-48)59-62-41(2)37-57(63-59)46-21-16-20-43(38-46)42-18-6-3-7-19-42/h3-39H,1-2H3. The third-order valence-electron chi connectivity index (χ3n) is 12.6. The Hall–Kier alpha value is -8.01. The van der Waals surface area contributed by atoms with Crippen molar-refractivity contribution in [3.63, 3.8) is 0 Å². The predicted molar refractivity (Wildman–Crippen MR) is 259 cm³/mol. The summed E-state index contributed by atoms with van der Waals surface area (Å²) in [5.41, 5.74) is 20.8. The van der Waals surface area contributed by atoms with Gasteiger partial charge in [0.05, 0.1) is 11.1 Å². The molecular formula is C60H43N3. The number of rotatable bonds is 8. The van der Waals surface area contributed by atoms with Gasteiger partial charge in [-0.15, -0.1) is 0 Å². The molecule has 0 saturated heterocycles. The first kappa shape index (κ1) is 38.0. The Labute approximate surface area is 369 Å². The highest BCUT2D eigenvalue weighted by atomic mass is 14.9. The zero-order chi connectivity index (χ0) is 42.3. The number of pyridine rings is 1. The Morgan fingerprint density at radius 2 is 0.889 bits per heavy atom. The maximum absolute atomic E-state index is 5.42. The fraction of sp³-hybridized carbons (Fsp3) is 0.0500. The van der Waals surface area contributed by atoms with E-state index in [1.165, 1.54) is 55.6 Å². The van der Waals surface area contributed by atoms with Crippen LogP contribution < -0.4 is 0 Å². The van der Waals surface area contributed by atoms with Crippen LogP contribution in [0.15, 0.2) is 225 Å². The number of aryl methyl sites for hydroxylation is 2. The third kappa shape index (κ3) is 6.57. The van der Waals surface area contributed by atoms with Crippen LogP contribution in [0, 0.1) is 13.8 Å². The molecule has 63 heavy (non-hydrogen) atoms. The molecule has 3 nitrogen and oxygen atoms in total. The van der Waals surface area contributed by atoms with Crippen molar-refractivity contribution in [1.29, 1.82) is 0 Å². The van der Waals surface area contributed by atoms with Crippen molar-refractivity contribution in [2.45, 2.75) is 19.3 Å². The van der Waals surface area contributed by atoms with Crippen LogP contribution in [0.3, 0.4) is 0 Å². The molecule has 0 atom stereocenters. The lowest BCUT2D eigenvalue weighted by Gasteiger charge is -2.34. The number of benzene rings is 8. The van der Waals surface area contributed by atoms with E-state index in [4.69, 9.17) is 9.97 Å². The van der Waals surface area contributed by atoms with Crippen LogP contribution in [-0.4, -0.2) is 15.0 Å². The lowest BCUT2D eigenvalue weighted by molar-refractivity contribution is 0.768. The van der Waals surface area contributed by atoms with Crippen molar-refractivity contribution in [2.24, 2.45) is 0 Å². The number of hydrogen-bond acceptors (Lipinski definition) is 3. The largest absolute Gasteiger partial charge is 0.262 e. The molecule has 0 amide bonds. The maximum Gasteiger partial charge on any atom is 0.160 e. The van der Waals surface area contributed by atoms with Gasteiger partial charge in [-0.1, -0.05) is 188 Å². The van der Waals surface area contributed by atoms with Crippen molar-refractivity contribution < 1.29 is 0 Å². The first-order valence-electron chi connectivity index (χ1n) is 21.6. The van der Waals surface area contributed by atoms with Crippen LogP contribution in [-0.2, 0) is 5.41 Å². The fourth-order valence-corrected chi connectivity index (χ4v) is 9.88. The van der Waals surface area contributed by atoms with Crippen molar-refractivity contribution in [2.75, 3.05) is 0 Å². The summed E-state index contributed by atoms with van der Waals surface area (Å²) in [6.07, 6.45) is 1.90. The van der Waals surface area contributed by atoms with E-state index in [1.807, 2.05) is 13.1 Å². The molecule has 0 aliphatic heterocycles. The van der Waals surface area contributed by atoms with Crippen LogP contribution in [0.5, 0.6) is 0 Å². The average molecular weight is 806 g/mol. The summed E-state index contributed by atoms with van der Waals surface area (Å²) >= 11 is 0. The van der Waals surface area contributed by atoms with E-state index in [0.717, 1.165) is 50.5 Å².